The van der Waals surface area contributed by atoms with Gasteiger partial charge in [0, 0.05) is 6.07 Å². The molecule has 2 amide bonds. The van der Waals surface area contributed by atoms with Crippen molar-refractivity contribution in [2.45, 2.75) is 13.2 Å². The zero-order valence-electron chi connectivity index (χ0n) is 14.5. The van der Waals surface area contributed by atoms with Crippen LogP contribution in [0, 0.1) is 0 Å². The van der Waals surface area contributed by atoms with Crippen LogP contribution in [0.15, 0.2) is 29.6 Å². The number of carbonyl (C=O) groups is 2. The Hall–Kier alpha value is -2.69. The first-order valence-corrected chi connectivity index (χ1v) is 9.66. The van der Waals surface area contributed by atoms with E-state index >= 15 is 0 Å². The fraction of sp³-hybridized carbons (Fsp3) is 0.235. The van der Waals surface area contributed by atoms with Crippen LogP contribution in [0.5, 0.6) is 5.75 Å². The number of fused-ring (bicyclic) bond motifs is 1. The molecule has 0 saturated heterocycles. The van der Waals surface area contributed by atoms with Crippen LogP contribution in [-0.4, -0.2) is 35.8 Å². The lowest BCUT2D eigenvalue weighted by Crippen LogP contribution is -2.31. The lowest BCUT2D eigenvalue weighted by atomic mass is 10.3. The largest absolute Gasteiger partial charge is 0.497 e. The number of amides is 2. The molecule has 10 heteroatoms. The molecule has 3 N–H and O–H groups in total. The van der Waals surface area contributed by atoms with Crippen molar-refractivity contribution in [3.8, 4) is 5.75 Å². The van der Waals surface area contributed by atoms with Crippen LogP contribution in [0.3, 0.4) is 0 Å². The van der Waals surface area contributed by atoms with Crippen LogP contribution < -0.4 is 15.4 Å². The fourth-order valence-corrected chi connectivity index (χ4v) is 3.97. The number of benzene rings is 1. The van der Waals surface area contributed by atoms with Crippen LogP contribution in [0.25, 0.3) is 10.2 Å². The molecule has 2 aromatic heterocycles. The Morgan fingerprint density at radius 2 is 2.15 bits per heavy atom. The van der Waals surface area contributed by atoms with Gasteiger partial charge in [-0.3, -0.25) is 10.1 Å². The first-order valence-electron chi connectivity index (χ1n) is 7.96. The van der Waals surface area contributed by atoms with E-state index in [0.29, 0.717) is 21.3 Å². The summed E-state index contributed by atoms with van der Waals surface area (Å²) in [6, 6.07) is 7.02. The Morgan fingerprint density at radius 3 is 2.89 bits per heavy atom. The van der Waals surface area contributed by atoms with E-state index in [2.05, 4.69) is 15.6 Å². The van der Waals surface area contributed by atoms with E-state index in [1.807, 2.05) is 12.1 Å². The normalized spacial score (nSPS) is 11.8. The van der Waals surface area contributed by atoms with E-state index in [1.165, 1.54) is 22.7 Å². The van der Waals surface area contributed by atoms with Gasteiger partial charge in [-0.25, -0.2) is 9.78 Å². The molecule has 3 aromatic rings. The van der Waals surface area contributed by atoms with Crippen molar-refractivity contribution < 1.29 is 24.2 Å². The Bertz CT molecular complexity index is 969. The average Bonchev–Trinajstić information content (AvgIpc) is 3.27. The minimum atomic E-state index is -1.11. The molecule has 3 rings (SSSR count). The number of thiophene rings is 1. The number of ether oxygens (including phenoxy) is 2. The molecule has 8 nitrogen and oxygen atoms in total. The molecule has 1 aromatic carbocycles. The first kappa shape index (κ1) is 19.1. The third-order valence-corrected chi connectivity index (χ3v) is 5.45. The summed E-state index contributed by atoms with van der Waals surface area (Å²) in [6.45, 7) is 1.81. The standard InChI is InChI=1S/C17H17N3O5S2/c1-3-25-17(23)20-13(21)10-6-7-26-15(10)19-14(22)16-18-11-8-9(24-2)4-5-12(11)27-16/h4-8,14,19,22H,3H2,1-2H3,(H,20,21,23). The highest BCUT2D eigenvalue weighted by Gasteiger charge is 2.20. The van der Waals surface area contributed by atoms with Gasteiger partial charge < -0.3 is 19.9 Å². The van der Waals surface area contributed by atoms with Crippen molar-refractivity contribution in [3.63, 3.8) is 0 Å². The molecule has 0 fully saturated rings. The van der Waals surface area contributed by atoms with Gasteiger partial charge in [-0.15, -0.1) is 22.7 Å². The Kier molecular flexibility index (Phi) is 5.89. The van der Waals surface area contributed by atoms with Crippen molar-refractivity contribution in [2.24, 2.45) is 0 Å². The molecule has 0 bridgehead atoms. The van der Waals surface area contributed by atoms with E-state index in [9.17, 15) is 14.7 Å². The number of anilines is 1. The molecular formula is C17H17N3O5S2. The topological polar surface area (TPSA) is 110 Å². The number of aliphatic hydroxyl groups is 1. The highest BCUT2D eigenvalue weighted by atomic mass is 32.1. The van der Waals surface area contributed by atoms with E-state index in [4.69, 9.17) is 9.47 Å². The number of carbonyl (C=O) groups excluding carboxylic acids is 2. The molecular weight excluding hydrogens is 390 g/mol. The summed E-state index contributed by atoms with van der Waals surface area (Å²) in [6.07, 6.45) is -1.93. The van der Waals surface area contributed by atoms with Crippen LogP contribution in [-0.2, 0) is 4.74 Å². The minimum absolute atomic E-state index is 0.162. The lowest BCUT2D eigenvalue weighted by Gasteiger charge is -2.11. The maximum absolute atomic E-state index is 12.2. The van der Waals surface area contributed by atoms with Crippen LogP contribution in [0.2, 0.25) is 0 Å². The van der Waals surface area contributed by atoms with E-state index < -0.39 is 18.2 Å². The average molecular weight is 407 g/mol. The van der Waals surface area contributed by atoms with Crippen LogP contribution >= 0.6 is 22.7 Å². The monoisotopic (exact) mass is 407 g/mol. The number of aromatic nitrogens is 1. The van der Waals surface area contributed by atoms with Crippen molar-refractivity contribution in [3.05, 3.63) is 40.2 Å². The first-order chi connectivity index (χ1) is 13.0. The van der Waals surface area contributed by atoms with Gasteiger partial charge in [0.05, 0.1) is 29.5 Å². The van der Waals surface area contributed by atoms with E-state index in [-0.39, 0.29) is 12.2 Å². The second-order valence-corrected chi connectivity index (χ2v) is 7.25. The number of nitrogens with one attached hydrogen (secondary N) is 2. The molecule has 0 aliphatic rings. The highest BCUT2D eigenvalue weighted by molar-refractivity contribution is 7.18. The summed E-state index contributed by atoms with van der Waals surface area (Å²) in [4.78, 5) is 28.0. The predicted octanol–water partition coefficient (Wildman–Crippen LogP) is 3.36. The van der Waals surface area contributed by atoms with Gasteiger partial charge in [0.15, 0.2) is 6.23 Å². The number of hydrogen-bond acceptors (Lipinski definition) is 9. The van der Waals surface area contributed by atoms with Gasteiger partial charge in [-0.05, 0) is 30.5 Å². The third-order valence-electron chi connectivity index (χ3n) is 3.51. The Morgan fingerprint density at radius 1 is 1.33 bits per heavy atom. The molecule has 27 heavy (non-hydrogen) atoms. The minimum Gasteiger partial charge on any atom is -0.497 e. The molecule has 142 valence electrons. The summed E-state index contributed by atoms with van der Waals surface area (Å²) in [5.41, 5.74) is 0.941. The third kappa shape index (κ3) is 4.35. The SMILES string of the molecule is CCOC(=O)NC(=O)c1ccsc1NC(O)c1nc2cc(OC)ccc2s1. The summed E-state index contributed by atoms with van der Waals surface area (Å²) in [5, 5.41) is 18.0. The smallest absolute Gasteiger partial charge is 0.414 e. The molecule has 1 unspecified atom stereocenters. The van der Waals surface area contributed by atoms with Gasteiger partial charge in [0.1, 0.15) is 15.8 Å². The zero-order chi connectivity index (χ0) is 19.4. The van der Waals surface area contributed by atoms with Gasteiger partial charge in [0.2, 0.25) is 0 Å². The van der Waals surface area contributed by atoms with E-state index in [1.54, 1.807) is 31.5 Å². The Labute approximate surface area is 162 Å². The number of imide groups is 1. The van der Waals surface area contributed by atoms with E-state index in [0.717, 1.165) is 4.70 Å². The number of thiazole rings is 1. The van der Waals surface area contributed by atoms with Gasteiger partial charge >= 0.3 is 6.09 Å². The fourth-order valence-electron chi connectivity index (χ4n) is 2.28. The molecule has 0 aliphatic heterocycles. The maximum Gasteiger partial charge on any atom is 0.414 e. The van der Waals surface area contributed by atoms with Crippen molar-refractivity contribution in [2.75, 3.05) is 19.0 Å². The summed E-state index contributed by atoms with van der Waals surface area (Å²) in [7, 11) is 1.57. The lowest BCUT2D eigenvalue weighted by molar-refractivity contribution is 0.0926. The van der Waals surface area contributed by atoms with Crippen LogP contribution in [0.4, 0.5) is 9.80 Å². The molecule has 0 aliphatic carbocycles. The second kappa shape index (κ2) is 8.33. The van der Waals surface area contributed by atoms with Crippen molar-refractivity contribution in [1.82, 2.24) is 10.3 Å². The summed E-state index contributed by atoms with van der Waals surface area (Å²) < 4.78 is 10.8. The number of rotatable bonds is 6. The molecule has 0 saturated carbocycles. The molecule has 2 heterocycles. The number of nitrogens with zero attached hydrogens (tertiary/aromatic N) is 1. The summed E-state index contributed by atoms with van der Waals surface area (Å²) in [5.74, 6) is 0.0661. The van der Waals surface area contributed by atoms with Crippen molar-refractivity contribution in [1.29, 1.82) is 0 Å². The van der Waals surface area contributed by atoms with Gasteiger partial charge in [0.25, 0.3) is 5.91 Å². The molecule has 0 spiro atoms. The quantitative estimate of drug-likeness (QED) is 0.538. The summed E-state index contributed by atoms with van der Waals surface area (Å²) >= 11 is 2.56. The predicted molar refractivity (Wildman–Crippen MR) is 104 cm³/mol. The molecule has 1 atom stereocenters. The zero-order valence-corrected chi connectivity index (χ0v) is 16.1. The second-order valence-electron chi connectivity index (χ2n) is 5.27. The van der Waals surface area contributed by atoms with Crippen molar-refractivity contribution >= 4 is 49.9 Å². The van der Waals surface area contributed by atoms with Crippen LogP contribution in [0.1, 0.15) is 28.5 Å². The number of alkyl carbamates (subject to hydrolysis) is 1. The number of hydrogen-bond donors (Lipinski definition) is 3. The van der Waals surface area contributed by atoms with Gasteiger partial charge in [-0.1, -0.05) is 0 Å². The molecule has 0 radical (unpaired) electrons. The number of methoxy groups -OCH3 is 1. The van der Waals surface area contributed by atoms with Gasteiger partial charge in [-0.2, -0.15) is 0 Å². The number of aliphatic hydroxyl groups excluding tert-OH is 1. The highest BCUT2D eigenvalue weighted by Crippen LogP contribution is 2.32. The maximum atomic E-state index is 12.2. The Balaban J connectivity index is 1.75.